The number of carbonyl (C=O) groups excluding carboxylic acids is 2. The van der Waals surface area contributed by atoms with Gasteiger partial charge in [0.2, 0.25) is 5.91 Å². The van der Waals surface area contributed by atoms with E-state index in [1.165, 1.54) is 0 Å². The van der Waals surface area contributed by atoms with Crippen LogP contribution in [0.5, 0.6) is 0 Å². The molecule has 1 aliphatic heterocycles. The topological polar surface area (TPSA) is 95.9 Å². The largest absolute Gasteiger partial charge is 0.353 e. The fraction of sp³-hybridized carbons (Fsp3) is 0.400. The third-order valence-electron chi connectivity index (χ3n) is 5.36. The molecule has 2 N–H and O–H groups in total. The summed E-state index contributed by atoms with van der Waals surface area (Å²) in [7, 11) is 0. The number of nitrogens with zero attached hydrogens (tertiary/aromatic N) is 4. The fourth-order valence-corrected chi connectivity index (χ4v) is 3.67. The molecule has 2 amide bonds. The number of hydrogen-bond acceptors (Lipinski definition) is 4. The third kappa shape index (κ3) is 3.26. The van der Waals surface area contributed by atoms with Crippen LogP contribution >= 0.6 is 0 Å². The van der Waals surface area contributed by atoms with Crippen LogP contribution in [-0.4, -0.2) is 49.3 Å². The molecule has 2 aliphatic rings. The summed E-state index contributed by atoms with van der Waals surface area (Å²) in [5.41, 5.74) is 3.22. The van der Waals surface area contributed by atoms with Crippen molar-refractivity contribution in [2.75, 3.05) is 6.54 Å². The first-order valence-corrected chi connectivity index (χ1v) is 9.75. The maximum absolute atomic E-state index is 13.0. The number of aromatic amines is 1. The summed E-state index contributed by atoms with van der Waals surface area (Å²) in [6.07, 6.45) is 3.27. The van der Waals surface area contributed by atoms with Crippen LogP contribution in [0.15, 0.2) is 30.3 Å². The molecule has 3 aromatic rings. The molecule has 1 fully saturated rings. The zero-order valence-electron chi connectivity index (χ0n) is 15.5. The van der Waals surface area contributed by atoms with Crippen molar-refractivity contribution in [3.05, 3.63) is 47.4 Å². The molecule has 1 saturated carbocycles. The smallest absolute Gasteiger partial charge is 0.275 e. The van der Waals surface area contributed by atoms with E-state index in [4.69, 9.17) is 0 Å². The van der Waals surface area contributed by atoms with Crippen molar-refractivity contribution >= 4 is 22.7 Å². The van der Waals surface area contributed by atoms with E-state index < -0.39 is 0 Å². The molecule has 1 aromatic carbocycles. The molecule has 3 heterocycles. The molecule has 144 valence electrons. The van der Waals surface area contributed by atoms with Crippen LogP contribution < -0.4 is 5.32 Å². The number of amides is 2. The average Bonchev–Trinajstić information content (AvgIpc) is 3.27. The van der Waals surface area contributed by atoms with E-state index in [2.05, 4.69) is 20.6 Å². The van der Waals surface area contributed by atoms with Crippen molar-refractivity contribution in [3.63, 3.8) is 0 Å². The highest BCUT2D eigenvalue weighted by Gasteiger charge is 2.26. The number of H-pyrrole nitrogens is 1. The van der Waals surface area contributed by atoms with Gasteiger partial charge >= 0.3 is 0 Å². The first kappa shape index (κ1) is 17.0. The Kier molecular flexibility index (Phi) is 4.11. The fourth-order valence-electron chi connectivity index (χ4n) is 3.67. The van der Waals surface area contributed by atoms with Crippen molar-refractivity contribution < 1.29 is 9.59 Å². The Morgan fingerprint density at radius 2 is 2.07 bits per heavy atom. The summed E-state index contributed by atoms with van der Waals surface area (Å²) >= 11 is 0. The Morgan fingerprint density at radius 1 is 1.21 bits per heavy atom. The van der Waals surface area contributed by atoms with Crippen LogP contribution in [0.2, 0.25) is 0 Å². The standard InChI is InChI=1S/C20H22N6O2/c27-18(21-13-5-6-13)8-7-14-11-15-12-25(9-10-26(15)24-14)20(28)19-16-3-1-2-4-17(16)22-23-19/h1-4,11,13H,5-10,12H2,(H,21,27)(H,22,23). The van der Waals surface area contributed by atoms with E-state index >= 15 is 0 Å². The molecule has 0 radical (unpaired) electrons. The SMILES string of the molecule is O=C(CCc1cc2n(n1)CCN(C(=O)c1n[nH]c3ccccc13)C2)NC1CC1. The molecule has 0 unspecified atom stereocenters. The zero-order chi connectivity index (χ0) is 19.1. The minimum absolute atomic E-state index is 0.0738. The average molecular weight is 378 g/mol. The highest BCUT2D eigenvalue weighted by atomic mass is 16.2. The van der Waals surface area contributed by atoms with Crippen molar-refractivity contribution in [2.45, 2.75) is 44.8 Å². The number of nitrogens with one attached hydrogen (secondary N) is 2. The van der Waals surface area contributed by atoms with Gasteiger partial charge in [0.05, 0.1) is 30.0 Å². The van der Waals surface area contributed by atoms with E-state index in [0.29, 0.717) is 44.2 Å². The van der Waals surface area contributed by atoms with Crippen molar-refractivity contribution in [1.29, 1.82) is 0 Å². The van der Waals surface area contributed by atoms with Gasteiger partial charge in [0.1, 0.15) is 0 Å². The molecule has 1 aliphatic carbocycles. The lowest BCUT2D eigenvalue weighted by Crippen LogP contribution is -2.38. The summed E-state index contributed by atoms with van der Waals surface area (Å²) < 4.78 is 1.95. The monoisotopic (exact) mass is 378 g/mol. The number of para-hydroxylation sites is 1. The van der Waals surface area contributed by atoms with E-state index in [1.54, 1.807) is 0 Å². The summed E-state index contributed by atoms with van der Waals surface area (Å²) in [5.74, 6) is 0.0194. The Hall–Kier alpha value is -3.16. The third-order valence-corrected chi connectivity index (χ3v) is 5.36. The second kappa shape index (κ2) is 6.78. The van der Waals surface area contributed by atoms with Crippen molar-refractivity contribution in [3.8, 4) is 0 Å². The molecule has 0 bridgehead atoms. The van der Waals surface area contributed by atoms with Gasteiger partial charge in [-0.15, -0.1) is 0 Å². The molecular weight excluding hydrogens is 356 g/mol. The second-order valence-corrected chi connectivity index (χ2v) is 7.54. The van der Waals surface area contributed by atoms with E-state index in [-0.39, 0.29) is 11.8 Å². The maximum Gasteiger partial charge on any atom is 0.275 e. The van der Waals surface area contributed by atoms with Gasteiger partial charge in [0.25, 0.3) is 5.91 Å². The maximum atomic E-state index is 13.0. The molecule has 8 nitrogen and oxygen atoms in total. The van der Waals surface area contributed by atoms with Crippen molar-refractivity contribution in [2.24, 2.45) is 0 Å². The number of rotatable bonds is 5. The predicted molar refractivity (Wildman–Crippen MR) is 103 cm³/mol. The summed E-state index contributed by atoms with van der Waals surface area (Å²) in [4.78, 5) is 26.7. The van der Waals surface area contributed by atoms with Crippen molar-refractivity contribution in [1.82, 2.24) is 30.2 Å². The number of benzene rings is 1. The van der Waals surface area contributed by atoms with Crippen LogP contribution in [0.3, 0.4) is 0 Å². The van der Waals surface area contributed by atoms with E-state index in [0.717, 1.165) is 35.1 Å². The molecular formula is C20H22N6O2. The van der Waals surface area contributed by atoms with Crippen LogP contribution in [0.1, 0.15) is 41.1 Å². The lowest BCUT2D eigenvalue weighted by molar-refractivity contribution is -0.121. The minimum atomic E-state index is -0.0738. The quantitative estimate of drug-likeness (QED) is 0.705. The van der Waals surface area contributed by atoms with E-state index in [9.17, 15) is 9.59 Å². The highest BCUT2D eigenvalue weighted by molar-refractivity contribution is 6.04. The van der Waals surface area contributed by atoms with Gasteiger partial charge in [-0.2, -0.15) is 10.2 Å². The predicted octanol–water partition coefficient (Wildman–Crippen LogP) is 1.63. The number of hydrogen-bond donors (Lipinski definition) is 2. The van der Waals surface area contributed by atoms with Gasteiger partial charge in [0.15, 0.2) is 5.69 Å². The van der Waals surface area contributed by atoms with Gasteiger partial charge in [-0.05, 0) is 25.0 Å². The van der Waals surface area contributed by atoms with Crippen LogP contribution in [-0.2, 0) is 24.3 Å². The molecule has 2 aromatic heterocycles. The first-order chi connectivity index (χ1) is 13.7. The first-order valence-electron chi connectivity index (χ1n) is 9.75. The van der Waals surface area contributed by atoms with Gasteiger partial charge < -0.3 is 10.2 Å². The van der Waals surface area contributed by atoms with Gasteiger partial charge in [-0.25, -0.2) is 0 Å². The van der Waals surface area contributed by atoms with Gasteiger partial charge in [-0.1, -0.05) is 18.2 Å². The Labute approximate surface area is 161 Å². The lowest BCUT2D eigenvalue weighted by atomic mass is 10.1. The molecule has 8 heteroatoms. The van der Waals surface area contributed by atoms with E-state index in [1.807, 2.05) is 39.9 Å². The number of carbonyl (C=O) groups is 2. The number of aryl methyl sites for hydroxylation is 1. The Balaban J connectivity index is 1.26. The van der Waals surface area contributed by atoms with Crippen LogP contribution in [0, 0.1) is 0 Å². The minimum Gasteiger partial charge on any atom is -0.353 e. The normalized spacial score (nSPS) is 16.2. The number of aromatic nitrogens is 4. The Bertz CT molecular complexity index is 1050. The zero-order valence-corrected chi connectivity index (χ0v) is 15.5. The van der Waals surface area contributed by atoms with Crippen LogP contribution in [0.4, 0.5) is 0 Å². The molecule has 0 spiro atoms. The summed E-state index contributed by atoms with van der Waals surface area (Å²) in [6, 6.07) is 10.0. The van der Waals surface area contributed by atoms with Crippen LogP contribution in [0.25, 0.3) is 10.9 Å². The van der Waals surface area contributed by atoms with Gasteiger partial charge in [0, 0.05) is 30.8 Å². The molecule has 0 saturated heterocycles. The lowest BCUT2D eigenvalue weighted by Gasteiger charge is -2.27. The van der Waals surface area contributed by atoms with Gasteiger partial charge in [-0.3, -0.25) is 19.4 Å². The molecule has 0 atom stereocenters. The Morgan fingerprint density at radius 3 is 2.93 bits per heavy atom. The highest BCUT2D eigenvalue weighted by Crippen LogP contribution is 2.21. The second-order valence-electron chi connectivity index (χ2n) is 7.54. The molecule has 5 rings (SSSR count). The summed E-state index contributed by atoms with van der Waals surface area (Å²) in [6.45, 7) is 1.75. The summed E-state index contributed by atoms with van der Waals surface area (Å²) in [5, 5.41) is 15.6. The number of fused-ring (bicyclic) bond motifs is 2. The molecule has 28 heavy (non-hydrogen) atoms.